The van der Waals surface area contributed by atoms with E-state index in [0.29, 0.717) is 17.8 Å². The Labute approximate surface area is 124 Å². The van der Waals surface area contributed by atoms with E-state index in [1.54, 1.807) is 6.07 Å². The van der Waals surface area contributed by atoms with E-state index in [9.17, 15) is 4.79 Å². The van der Waals surface area contributed by atoms with E-state index >= 15 is 0 Å². The van der Waals surface area contributed by atoms with E-state index in [4.69, 9.17) is 10.5 Å². The number of hydrogen-bond donors (Lipinski definition) is 1. The number of carbonyl (C=O) groups is 1. The van der Waals surface area contributed by atoms with Crippen LogP contribution in [-0.2, 0) is 24.4 Å². The molecule has 1 aliphatic heterocycles. The molecule has 0 unspecified atom stereocenters. The lowest BCUT2D eigenvalue weighted by atomic mass is 10.0. The Hall–Kier alpha value is -2.33. The average molecular weight is 282 g/mol. The van der Waals surface area contributed by atoms with Crippen LogP contribution in [0.25, 0.3) is 0 Å². The van der Waals surface area contributed by atoms with Crippen LogP contribution in [0.15, 0.2) is 42.5 Å². The summed E-state index contributed by atoms with van der Waals surface area (Å²) in [4.78, 5) is 14.2. The van der Waals surface area contributed by atoms with Crippen molar-refractivity contribution < 1.29 is 9.53 Å². The number of methoxy groups -OCH3 is 1. The van der Waals surface area contributed by atoms with Gasteiger partial charge in [0.1, 0.15) is 0 Å². The Morgan fingerprint density at radius 3 is 2.43 bits per heavy atom. The Bertz CT molecular complexity index is 657. The molecule has 2 aromatic carbocycles. The van der Waals surface area contributed by atoms with Gasteiger partial charge in [-0.05, 0) is 22.8 Å². The third kappa shape index (κ3) is 2.62. The molecule has 3 rings (SSSR count). The zero-order chi connectivity index (χ0) is 14.8. The zero-order valence-electron chi connectivity index (χ0n) is 12.0. The Morgan fingerprint density at radius 1 is 1.14 bits per heavy atom. The van der Waals surface area contributed by atoms with Crippen molar-refractivity contribution in [2.45, 2.75) is 19.6 Å². The van der Waals surface area contributed by atoms with E-state index in [0.717, 1.165) is 18.7 Å². The average Bonchev–Trinajstić information content (AvgIpc) is 2.89. The molecule has 0 saturated heterocycles. The first-order valence-corrected chi connectivity index (χ1v) is 6.94. The van der Waals surface area contributed by atoms with Gasteiger partial charge in [-0.3, -0.25) is 4.90 Å². The maximum absolute atomic E-state index is 11.9. The van der Waals surface area contributed by atoms with E-state index in [1.807, 2.05) is 12.1 Å². The highest BCUT2D eigenvalue weighted by Crippen LogP contribution is 2.26. The molecule has 0 aromatic heterocycles. The molecule has 1 heterocycles. The molecule has 0 fully saturated rings. The van der Waals surface area contributed by atoms with Crippen LogP contribution < -0.4 is 5.73 Å². The van der Waals surface area contributed by atoms with Gasteiger partial charge in [0.15, 0.2) is 0 Å². The maximum atomic E-state index is 11.9. The van der Waals surface area contributed by atoms with Gasteiger partial charge in [-0.15, -0.1) is 0 Å². The molecule has 108 valence electrons. The number of carbonyl (C=O) groups excluding carboxylic acids is 1. The predicted molar refractivity (Wildman–Crippen MR) is 81.6 cm³/mol. The smallest absolute Gasteiger partial charge is 0.340 e. The number of esters is 1. The molecule has 4 nitrogen and oxygen atoms in total. The number of fused-ring (bicyclic) bond motifs is 1. The van der Waals surface area contributed by atoms with Crippen molar-refractivity contribution in [1.82, 2.24) is 4.90 Å². The molecule has 21 heavy (non-hydrogen) atoms. The lowest BCUT2D eigenvalue weighted by molar-refractivity contribution is 0.0599. The van der Waals surface area contributed by atoms with Crippen molar-refractivity contribution in [3.8, 4) is 0 Å². The van der Waals surface area contributed by atoms with Crippen molar-refractivity contribution in [3.05, 3.63) is 64.7 Å². The molecular weight excluding hydrogens is 264 g/mol. The van der Waals surface area contributed by atoms with E-state index in [1.165, 1.54) is 18.2 Å². The second-order valence-corrected chi connectivity index (χ2v) is 5.29. The molecule has 2 aromatic rings. The van der Waals surface area contributed by atoms with Crippen molar-refractivity contribution in [1.29, 1.82) is 0 Å². The predicted octanol–water partition coefficient (Wildman–Crippen LogP) is 2.57. The Morgan fingerprint density at radius 2 is 1.81 bits per heavy atom. The Kier molecular flexibility index (Phi) is 3.62. The van der Waals surface area contributed by atoms with Gasteiger partial charge < -0.3 is 10.5 Å². The normalized spacial score (nSPS) is 14.0. The van der Waals surface area contributed by atoms with Crippen LogP contribution in [-0.4, -0.2) is 18.0 Å². The van der Waals surface area contributed by atoms with Crippen LogP contribution in [0.4, 0.5) is 5.69 Å². The topological polar surface area (TPSA) is 55.6 Å². The summed E-state index contributed by atoms with van der Waals surface area (Å²) in [6.07, 6.45) is 0. The second kappa shape index (κ2) is 5.58. The summed E-state index contributed by atoms with van der Waals surface area (Å²) in [5.41, 5.74) is 10.5. The molecule has 0 bridgehead atoms. The molecule has 0 atom stereocenters. The standard InChI is InChI=1S/C17H18N2O2/c1-21-17(20)16-14(7-4-8-15(16)18)11-19-9-12-5-2-3-6-13(12)10-19/h2-8H,9-11,18H2,1H3. The molecule has 0 spiro atoms. The van der Waals surface area contributed by atoms with Gasteiger partial charge in [0.25, 0.3) is 0 Å². The number of hydrogen-bond acceptors (Lipinski definition) is 4. The summed E-state index contributed by atoms with van der Waals surface area (Å²) >= 11 is 0. The first kappa shape index (κ1) is 13.6. The van der Waals surface area contributed by atoms with Crippen molar-refractivity contribution in [2.24, 2.45) is 0 Å². The SMILES string of the molecule is COC(=O)c1c(N)cccc1CN1Cc2ccccc2C1. The molecule has 4 heteroatoms. The number of nitrogens with two attached hydrogens (primary N) is 1. The van der Waals surface area contributed by atoms with Gasteiger partial charge in [0, 0.05) is 25.3 Å². The van der Waals surface area contributed by atoms with Crippen molar-refractivity contribution in [3.63, 3.8) is 0 Å². The van der Waals surface area contributed by atoms with Gasteiger partial charge in [0.2, 0.25) is 0 Å². The second-order valence-electron chi connectivity index (χ2n) is 5.29. The molecule has 0 aliphatic carbocycles. The molecule has 0 saturated carbocycles. The molecule has 0 amide bonds. The minimum atomic E-state index is -0.375. The van der Waals surface area contributed by atoms with Gasteiger partial charge in [-0.1, -0.05) is 36.4 Å². The Balaban J connectivity index is 1.84. The van der Waals surface area contributed by atoms with Gasteiger partial charge in [-0.2, -0.15) is 0 Å². The summed E-state index contributed by atoms with van der Waals surface area (Å²) in [6.45, 7) is 2.47. The van der Waals surface area contributed by atoms with Crippen LogP contribution in [0.3, 0.4) is 0 Å². The summed E-state index contributed by atoms with van der Waals surface area (Å²) < 4.78 is 4.85. The lowest BCUT2D eigenvalue weighted by Crippen LogP contribution is -2.19. The summed E-state index contributed by atoms with van der Waals surface area (Å²) in [5, 5.41) is 0. The van der Waals surface area contributed by atoms with E-state index in [2.05, 4.69) is 29.2 Å². The highest BCUT2D eigenvalue weighted by molar-refractivity contribution is 5.96. The molecule has 0 radical (unpaired) electrons. The fraction of sp³-hybridized carbons (Fsp3) is 0.235. The summed E-state index contributed by atoms with van der Waals surface area (Å²) in [6, 6.07) is 14.0. The minimum absolute atomic E-state index is 0.375. The molecular formula is C17H18N2O2. The van der Waals surface area contributed by atoms with Crippen LogP contribution in [0.5, 0.6) is 0 Å². The molecule has 1 aliphatic rings. The van der Waals surface area contributed by atoms with Crippen molar-refractivity contribution in [2.75, 3.05) is 12.8 Å². The third-order valence-electron chi connectivity index (χ3n) is 3.87. The number of ether oxygens (including phenoxy) is 1. The largest absolute Gasteiger partial charge is 0.465 e. The monoisotopic (exact) mass is 282 g/mol. The summed E-state index contributed by atoms with van der Waals surface area (Å²) in [5.74, 6) is -0.375. The number of rotatable bonds is 3. The fourth-order valence-corrected chi connectivity index (χ4v) is 2.86. The zero-order valence-corrected chi connectivity index (χ0v) is 12.0. The van der Waals surface area contributed by atoms with Crippen LogP contribution in [0, 0.1) is 0 Å². The first-order valence-electron chi connectivity index (χ1n) is 6.94. The quantitative estimate of drug-likeness (QED) is 0.694. The number of nitrogen functional groups attached to an aromatic ring is 1. The highest BCUT2D eigenvalue weighted by Gasteiger charge is 2.22. The third-order valence-corrected chi connectivity index (χ3v) is 3.87. The van der Waals surface area contributed by atoms with Gasteiger partial charge >= 0.3 is 5.97 Å². The number of anilines is 1. The first-order chi connectivity index (χ1) is 10.2. The van der Waals surface area contributed by atoms with E-state index < -0.39 is 0 Å². The number of nitrogens with zero attached hydrogens (tertiary/aromatic N) is 1. The minimum Gasteiger partial charge on any atom is -0.465 e. The highest BCUT2D eigenvalue weighted by atomic mass is 16.5. The molecule has 2 N–H and O–H groups in total. The van der Waals surface area contributed by atoms with E-state index in [-0.39, 0.29) is 5.97 Å². The van der Waals surface area contributed by atoms with Crippen molar-refractivity contribution >= 4 is 11.7 Å². The summed E-state index contributed by atoms with van der Waals surface area (Å²) in [7, 11) is 1.38. The lowest BCUT2D eigenvalue weighted by Gasteiger charge is -2.17. The number of benzene rings is 2. The van der Waals surface area contributed by atoms with Crippen LogP contribution >= 0.6 is 0 Å². The van der Waals surface area contributed by atoms with Crippen LogP contribution in [0.1, 0.15) is 27.0 Å². The van der Waals surface area contributed by atoms with Gasteiger partial charge in [-0.25, -0.2) is 4.79 Å². The maximum Gasteiger partial charge on any atom is 0.340 e. The van der Waals surface area contributed by atoms with Crippen LogP contribution in [0.2, 0.25) is 0 Å². The van der Waals surface area contributed by atoms with Gasteiger partial charge in [0.05, 0.1) is 12.7 Å². The fourth-order valence-electron chi connectivity index (χ4n) is 2.86.